The number of carbonyl (C=O) groups excluding carboxylic acids is 1. The molecule has 2 aromatic heterocycles. The van der Waals surface area contributed by atoms with E-state index in [9.17, 15) is 19.1 Å². The van der Waals surface area contributed by atoms with Crippen LogP contribution in [-0.4, -0.2) is 27.6 Å². The first kappa shape index (κ1) is 19.5. The summed E-state index contributed by atoms with van der Waals surface area (Å²) in [6.07, 6.45) is 4.13. The number of ether oxygens (including phenoxy) is 1. The molecule has 0 spiro atoms. The number of nitrogens with zero attached hydrogens (tertiary/aromatic N) is 2. The van der Waals surface area contributed by atoms with Crippen LogP contribution in [0.3, 0.4) is 0 Å². The number of unbranched alkanes of at least 4 members (excludes halogenated alkanes) is 1. The number of hydrogen-bond donors (Lipinski definition) is 1. The van der Waals surface area contributed by atoms with E-state index < -0.39 is 11.3 Å². The highest BCUT2D eigenvalue weighted by molar-refractivity contribution is 5.91. The van der Waals surface area contributed by atoms with E-state index in [0.717, 1.165) is 24.0 Å². The Morgan fingerprint density at radius 3 is 2.82 bits per heavy atom. The molecule has 2 heterocycles. The molecule has 0 amide bonds. The molecule has 1 N–H and O–H groups in total. The molecule has 0 aliphatic heterocycles. The maximum atomic E-state index is 13.6. The highest BCUT2D eigenvalue weighted by Gasteiger charge is 2.16. The zero-order valence-electron chi connectivity index (χ0n) is 15.7. The summed E-state index contributed by atoms with van der Waals surface area (Å²) < 4.78 is 20.6. The SMILES string of the molecule is CCCCOc1cc(F)ccc1Cc1cnc2c(O)c(C=O)c(=O)n(C)c2c1. The van der Waals surface area contributed by atoms with Crippen molar-refractivity contribution < 1.29 is 19.0 Å². The molecule has 0 bridgehead atoms. The molecule has 146 valence electrons. The summed E-state index contributed by atoms with van der Waals surface area (Å²) in [5.41, 5.74) is 1.21. The lowest BCUT2D eigenvalue weighted by molar-refractivity contribution is 0.111. The molecule has 0 aliphatic carbocycles. The van der Waals surface area contributed by atoms with Crippen molar-refractivity contribution in [1.29, 1.82) is 0 Å². The molecular formula is C21H21FN2O4. The minimum absolute atomic E-state index is 0.173. The Bertz CT molecular complexity index is 1090. The smallest absolute Gasteiger partial charge is 0.265 e. The van der Waals surface area contributed by atoms with Gasteiger partial charge >= 0.3 is 0 Å². The Balaban J connectivity index is 2.01. The molecule has 0 fully saturated rings. The van der Waals surface area contributed by atoms with E-state index >= 15 is 0 Å². The summed E-state index contributed by atoms with van der Waals surface area (Å²) in [4.78, 5) is 27.5. The van der Waals surface area contributed by atoms with Crippen molar-refractivity contribution in [2.45, 2.75) is 26.2 Å². The minimum Gasteiger partial charge on any atom is -0.505 e. The lowest BCUT2D eigenvalue weighted by Gasteiger charge is -2.13. The van der Waals surface area contributed by atoms with Crippen molar-refractivity contribution in [3.8, 4) is 11.5 Å². The maximum Gasteiger partial charge on any atom is 0.265 e. The molecule has 0 radical (unpaired) electrons. The number of halogens is 1. The van der Waals surface area contributed by atoms with Gasteiger partial charge in [0.1, 0.15) is 22.6 Å². The van der Waals surface area contributed by atoms with Crippen molar-refractivity contribution >= 4 is 17.3 Å². The number of aryl methyl sites for hydroxylation is 1. The standard InChI is InChI=1S/C21H21FN2O4/c1-3-4-7-28-18-10-15(22)6-5-14(18)8-13-9-17-19(23-11-13)20(26)16(12-25)21(27)24(17)2/h5-6,9-12,26H,3-4,7-8H2,1-2H3. The van der Waals surface area contributed by atoms with Gasteiger partial charge in [0, 0.05) is 25.7 Å². The van der Waals surface area contributed by atoms with Gasteiger partial charge in [-0.15, -0.1) is 0 Å². The number of benzene rings is 1. The van der Waals surface area contributed by atoms with Crippen molar-refractivity contribution in [3.63, 3.8) is 0 Å². The summed E-state index contributed by atoms with van der Waals surface area (Å²) in [5, 5.41) is 10.2. The summed E-state index contributed by atoms with van der Waals surface area (Å²) in [7, 11) is 1.51. The zero-order chi connectivity index (χ0) is 20.3. The number of aromatic hydroxyl groups is 1. The molecule has 28 heavy (non-hydrogen) atoms. The van der Waals surface area contributed by atoms with Crippen LogP contribution in [0.4, 0.5) is 4.39 Å². The topological polar surface area (TPSA) is 81.4 Å². The normalized spacial score (nSPS) is 11.0. The third kappa shape index (κ3) is 3.74. The second-order valence-electron chi connectivity index (χ2n) is 6.59. The van der Waals surface area contributed by atoms with Gasteiger partial charge in [-0.25, -0.2) is 4.39 Å². The van der Waals surface area contributed by atoms with Crippen molar-refractivity contribution in [2.24, 2.45) is 7.05 Å². The predicted octanol–water partition coefficient (Wildman–Crippen LogP) is 3.36. The van der Waals surface area contributed by atoms with Gasteiger partial charge in [0.2, 0.25) is 0 Å². The second kappa shape index (κ2) is 8.21. The van der Waals surface area contributed by atoms with Crippen LogP contribution in [0.15, 0.2) is 35.3 Å². The van der Waals surface area contributed by atoms with Gasteiger partial charge in [0.05, 0.1) is 12.1 Å². The Labute approximate surface area is 161 Å². The first-order valence-electron chi connectivity index (χ1n) is 9.03. The molecule has 0 aliphatic rings. The average molecular weight is 384 g/mol. The molecule has 3 aromatic rings. The first-order chi connectivity index (χ1) is 13.5. The largest absolute Gasteiger partial charge is 0.505 e. The van der Waals surface area contributed by atoms with Crippen LogP contribution in [0.25, 0.3) is 11.0 Å². The number of fused-ring (bicyclic) bond motifs is 1. The van der Waals surface area contributed by atoms with E-state index in [-0.39, 0.29) is 16.9 Å². The first-order valence-corrected chi connectivity index (χ1v) is 9.03. The van der Waals surface area contributed by atoms with Crippen LogP contribution < -0.4 is 10.3 Å². The summed E-state index contributed by atoms with van der Waals surface area (Å²) >= 11 is 0. The van der Waals surface area contributed by atoms with E-state index in [1.165, 1.54) is 23.7 Å². The second-order valence-corrected chi connectivity index (χ2v) is 6.59. The number of hydrogen-bond acceptors (Lipinski definition) is 5. The van der Waals surface area contributed by atoms with Crippen LogP contribution in [0.2, 0.25) is 0 Å². The van der Waals surface area contributed by atoms with Gasteiger partial charge in [0.25, 0.3) is 5.56 Å². The third-order valence-electron chi connectivity index (χ3n) is 4.60. The Hall–Kier alpha value is -3.22. The average Bonchev–Trinajstić information content (AvgIpc) is 2.69. The van der Waals surface area contributed by atoms with Crippen molar-refractivity contribution in [3.05, 3.63) is 63.3 Å². The van der Waals surface area contributed by atoms with Crippen LogP contribution in [0.5, 0.6) is 11.5 Å². The van der Waals surface area contributed by atoms with Gasteiger partial charge < -0.3 is 14.4 Å². The van der Waals surface area contributed by atoms with E-state index in [1.807, 2.05) is 6.92 Å². The predicted molar refractivity (Wildman–Crippen MR) is 104 cm³/mol. The molecule has 7 heteroatoms. The fraction of sp³-hybridized carbons (Fsp3) is 0.286. The number of carbonyl (C=O) groups is 1. The summed E-state index contributed by atoms with van der Waals surface area (Å²) in [5.74, 6) is -0.327. The molecule has 0 unspecified atom stereocenters. The number of aromatic nitrogens is 2. The third-order valence-corrected chi connectivity index (χ3v) is 4.60. The Morgan fingerprint density at radius 2 is 2.11 bits per heavy atom. The summed E-state index contributed by atoms with van der Waals surface area (Å²) in [6.45, 7) is 2.55. The van der Waals surface area contributed by atoms with Crippen LogP contribution in [0, 0.1) is 5.82 Å². The van der Waals surface area contributed by atoms with E-state index in [0.29, 0.717) is 30.6 Å². The highest BCUT2D eigenvalue weighted by Crippen LogP contribution is 2.27. The molecule has 1 aromatic carbocycles. The molecule has 0 atom stereocenters. The van der Waals surface area contributed by atoms with Crippen LogP contribution >= 0.6 is 0 Å². The molecule has 6 nitrogen and oxygen atoms in total. The van der Waals surface area contributed by atoms with E-state index in [2.05, 4.69) is 4.98 Å². The van der Waals surface area contributed by atoms with Crippen molar-refractivity contribution in [2.75, 3.05) is 6.61 Å². The Kier molecular flexibility index (Phi) is 5.73. The van der Waals surface area contributed by atoms with Crippen molar-refractivity contribution in [1.82, 2.24) is 9.55 Å². The lowest BCUT2D eigenvalue weighted by Crippen LogP contribution is -2.21. The monoisotopic (exact) mass is 384 g/mol. The Morgan fingerprint density at radius 1 is 1.32 bits per heavy atom. The number of pyridine rings is 2. The quantitative estimate of drug-likeness (QED) is 0.499. The summed E-state index contributed by atoms with van der Waals surface area (Å²) in [6, 6.07) is 6.11. The minimum atomic E-state index is -0.593. The zero-order valence-corrected chi connectivity index (χ0v) is 15.7. The molecule has 3 rings (SSSR count). The lowest BCUT2D eigenvalue weighted by atomic mass is 10.0. The molecule has 0 saturated carbocycles. The fourth-order valence-electron chi connectivity index (χ4n) is 3.01. The van der Waals surface area contributed by atoms with Gasteiger partial charge in [-0.05, 0) is 29.7 Å². The van der Waals surface area contributed by atoms with Crippen LogP contribution in [0.1, 0.15) is 41.3 Å². The van der Waals surface area contributed by atoms with E-state index in [4.69, 9.17) is 4.74 Å². The highest BCUT2D eigenvalue weighted by atomic mass is 19.1. The number of aldehydes is 1. The molecular weight excluding hydrogens is 363 g/mol. The van der Waals surface area contributed by atoms with Gasteiger partial charge in [-0.1, -0.05) is 19.4 Å². The maximum absolute atomic E-state index is 13.6. The van der Waals surface area contributed by atoms with Gasteiger partial charge in [-0.3, -0.25) is 14.6 Å². The van der Waals surface area contributed by atoms with Gasteiger partial charge in [-0.2, -0.15) is 0 Å². The molecule has 0 saturated heterocycles. The van der Waals surface area contributed by atoms with E-state index in [1.54, 1.807) is 18.3 Å². The number of rotatable bonds is 7. The fourth-order valence-corrected chi connectivity index (χ4v) is 3.01. The van der Waals surface area contributed by atoms with Crippen LogP contribution in [-0.2, 0) is 13.5 Å². The van der Waals surface area contributed by atoms with Gasteiger partial charge in [0.15, 0.2) is 12.0 Å².